The van der Waals surface area contributed by atoms with Crippen LogP contribution in [0, 0.1) is 13.8 Å². The van der Waals surface area contributed by atoms with Crippen LogP contribution in [0.1, 0.15) is 49.0 Å². The predicted octanol–water partition coefficient (Wildman–Crippen LogP) is 4.80. The number of carbonyl (C=O) groups excluding carboxylic acids is 2. The Labute approximate surface area is 192 Å². The fourth-order valence-electron chi connectivity index (χ4n) is 3.82. The van der Waals surface area contributed by atoms with Crippen LogP contribution in [0.4, 0.5) is 0 Å². The molecule has 1 amide bonds. The summed E-state index contributed by atoms with van der Waals surface area (Å²) in [5, 5.41) is 11.5. The minimum atomic E-state index is -0.869. The van der Waals surface area contributed by atoms with Crippen LogP contribution in [-0.4, -0.2) is 48.1 Å². The summed E-state index contributed by atoms with van der Waals surface area (Å²) in [6.45, 7) is 8.14. The number of rotatable bonds is 8. The summed E-state index contributed by atoms with van der Waals surface area (Å²) < 4.78 is 16.7. The highest BCUT2D eigenvalue weighted by Crippen LogP contribution is 2.43. The topological polar surface area (TPSA) is 89.2 Å². The second kappa shape index (κ2) is 9.79. The summed E-state index contributed by atoms with van der Waals surface area (Å²) in [6, 6.07) is 5.94. The number of benzene rings is 1. The van der Waals surface area contributed by atoms with Gasteiger partial charge in [-0.2, -0.15) is 0 Å². The first kappa shape index (κ1) is 23.9. The fraction of sp³-hybridized carbons (Fsp3) is 0.417. The molecule has 0 aliphatic carbocycles. The van der Waals surface area contributed by atoms with Gasteiger partial charge in [-0.1, -0.05) is 11.6 Å². The average molecular weight is 462 g/mol. The van der Waals surface area contributed by atoms with Gasteiger partial charge in [0.2, 0.25) is 0 Å². The van der Waals surface area contributed by atoms with E-state index in [4.69, 9.17) is 25.5 Å². The first-order valence-electron chi connectivity index (χ1n) is 10.5. The molecule has 8 heteroatoms. The van der Waals surface area contributed by atoms with Gasteiger partial charge in [-0.3, -0.25) is 9.59 Å². The summed E-state index contributed by atoms with van der Waals surface area (Å²) in [5.74, 6) is -0.596. The van der Waals surface area contributed by atoms with Crippen LogP contribution >= 0.6 is 11.6 Å². The second-order valence-corrected chi connectivity index (χ2v) is 8.45. The number of halogens is 1. The Bertz CT molecular complexity index is 1050. The average Bonchev–Trinajstić information content (AvgIpc) is 3.25. The van der Waals surface area contributed by atoms with Crippen molar-refractivity contribution in [3.05, 3.63) is 57.5 Å². The zero-order valence-electron chi connectivity index (χ0n) is 18.9. The molecule has 0 radical (unpaired) electrons. The maximum Gasteiger partial charge on any atom is 0.295 e. The maximum atomic E-state index is 13.1. The van der Waals surface area contributed by atoms with Gasteiger partial charge in [0, 0.05) is 13.2 Å². The van der Waals surface area contributed by atoms with Crippen LogP contribution in [0.3, 0.4) is 0 Å². The third kappa shape index (κ3) is 4.69. The lowest BCUT2D eigenvalue weighted by Crippen LogP contribution is -2.31. The van der Waals surface area contributed by atoms with Gasteiger partial charge in [0.25, 0.3) is 11.7 Å². The van der Waals surface area contributed by atoms with E-state index in [0.717, 1.165) is 5.56 Å². The van der Waals surface area contributed by atoms with E-state index in [9.17, 15) is 14.7 Å². The van der Waals surface area contributed by atoms with Gasteiger partial charge < -0.3 is 23.9 Å². The third-order valence-electron chi connectivity index (χ3n) is 5.21. The normalized spacial score (nSPS) is 18.1. The zero-order chi connectivity index (χ0) is 23.6. The first-order valence-corrected chi connectivity index (χ1v) is 10.8. The van der Waals surface area contributed by atoms with Crippen LogP contribution in [0.5, 0.6) is 5.75 Å². The molecule has 1 aromatic carbocycles. The highest BCUT2D eigenvalue weighted by atomic mass is 35.5. The highest BCUT2D eigenvalue weighted by molar-refractivity contribution is 6.46. The molecule has 172 valence electrons. The Morgan fingerprint density at radius 3 is 2.56 bits per heavy atom. The van der Waals surface area contributed by atoms with Gasteiger partial charge in [-0.25, -0.2) is 0 Å². The standard InChI is InChI=1S/C24H28ClNO6/c1-13(2)31-10-6-9-26-20(18-8-7-15(4)32-18)19(22(28)24(26)29)21(27)16-11-14(3)12-17(25)23(16)30-5/h7-8,11-13,20,27H,6,9-10H2,1-5H3/b21-19+. The number of nitrogens with zero attached hydrogens (tertiary/aromatic N) is 1. The number of Topliss-reactive ketones (excluding diaryl/α,β-unsaturated/α-hetero) is 1. The van der Waals surface area contributed by atoms with Crippen molar-refractivity contribution in [2.45, 2.75) is 46.3 Å². The van der Waals surface area contributed by atoms with E-state index in [2.05, 4.69) is 0 Å². The number of ketones is 1. The van der Waals surface area contributed by atoms with Crippen LogP contribution in [-0.2, 0) is 14.3 Å². The lowest BCUT2D eigenvalue weighted by Gasteiger charge is -2.23. The van der Waals surface area contributed by atoms with Crippen molar-refractivity contribution in [1.29, 1.82) is 0 Å². The molecule has 0 saturated carbocycles. The number of hydrogen-bond donors (Lipinski definition) is 1. The molecule has 1 atom stereocenters. The Morgan fingerprint density at radius 1 is 1.25 bits per heavy atom. The number of amides is 1. The minimum absolute atomic E-state index is 0.0610. The van der Waals surface area contributed by atoms with Crippen molar-refractivity contribution in [2.75, 3.05) is 20.3 Å². The number of carbonyl (C=O) groups is 2. The summed E-state index contributed by atoms with van der Waals surface area (Å²) in [6.07, 6.45) is 0.591. The summed E-state index contributed by atoms with van der Waals surface area (Å²) in [4.78, 5) is 27.4. The van der Waals surface area contributed by atoms with Crippen molar-refractivity contribution in [3.63, 3.8) is 0 Å². The quantitative estimate of drug-likeness (QED) is 0.263. The predicted molar refractivity (Wildman–Crippen MR) is 121 cm³/mol. The number of aliphatic hydroxyl groups is 1. The molecule has 2 aromatic rings. The Hall–Kier alpha value is -2.77. The highest BCUT2D eigenvalue weighted by Gasteiger charge is 2.47. The van der Waals surface area contributed by atoms with Crippen molar-refractivity contribution in [1.82, 2.24) is 4.90 Å². The van der Waals surface area contributed by atoms with Crippen LogP contribution in [0.15, 0.2) is 34.3 Å². The molecule has 1 saturated heterocycles. The van der Waals surface area contributed by atoms with E-state index >= 15 is 0 Å². The van der Waals surface area contributed by atoms with E-state index < -0.39 is 17.7 Å². The molecule has 1 aliphatic heterocycles. The number of ether oxygens (including phenoxy) is 2. The van der Waals surface area contributed by atoms with Gasteiger partial charge in [0.1, 0.15) is 29.1 Å². The summed E-state index contributed by atoms with van der Waals surface area (Å²) >= 11 is 6.29. The number of hydrogen-bond acceptors (Lipinski definition) is 6. The molecule has 1 fully saturated rings. The molecular weight excluding hydrogens is 434 g/mol. The number of methoxy groups -OCH3 is 1. The number of likely N-dealkylation sites (tertiary alicyclic amines) is 1. The molecule has 7 nitrogen and oxygen atoms in total. The van der Waals surface area contributed by atoms with E-state index in [1.165, 1.54) is 12.0 Å². The van der Waals surface area contributed by atoms with Crippen LogP contribution < -0.4 is 4.74 Å². The van der Waals surface area contributed by atoms with Crippen LogP contribution in [0.2, 0.25) is 5.02 Å². The largest absolute Gasteiger partial charge is 0.507 e. The summed E-state index contributed by atoms with van der Waals surface area (Å²) in [5.41, 5.74) is 0.948. The molecule has 2 heterocycles. The maximum absolute atomic E-state index is 13.1. The van der Waals surface area contributed by atoms with E-state index in [1.54, 1.807) is 31.2 Å². The molecule has 1 aliphatic rings. The van der Waals surface area contributed by atoms with Gasteiger partial charge in [-0.15, -0.1) is 0 Å². The Kier molecular flexibility index (Phi) is 7.31. The number of aryl methyl sites for hydroxylation is 2. The van der Waals surface area contributed by atoms with Gasteiger partial charge in [0.15, 0.2) is 0 Å². The van der Waals surface area contributed by atoms with Gasteiger partial charge in [-0.05, 0) is 63.9 Å². The lowest BCUT2D eigenvalue weighted by atomic mass is 9.98. The first-order chi connectivity index (χ1) is 15.1. The molecule has 1 N–H and O–H groups in total. The molecule has 1 unspecified atom stereocenters. The minimum Gasteiger partial charge on any atom is -0.507 e. The Balaban J connectivity index is 2.11. The van der Waals surface area contributed by atoms with Crippen LogP contribution in [0.25, 0.3) is 5.76 Å². The molecule has 32 heavy (non-hydrogen) atoms. The smallest absolute Gasteiger partial charge is 0.295 e. The number of aliphatic hydroxyl groups excluding tert-OH is 1. The second-order valence-electron chi connectivity index (χ2n) is 8.04. The molecule has 0 spiro atoms. The van der Waals surface area contributed by atoms with E-state index in [0.29, 0.717) is 29.6 Å². The zero-order valence-corrected chi connectivity index (χ0v) is 19.7. The molecule has 1 aromatic heterocycles. The molecule has 3 rings (SSSR count). The molecule has 0 bridgehead atoms. The number of furan rings is 1. The van der Waals surface area contributed by atoms with Crippen molar-refractivity contribution < 1.29 is 28.6 Å². The van der Waals surface area contributed by atoms with Crippen molar-refractivity contribution in [3.8, 4) is 5.75 Å². The van der Waals surface area contributed by atoms with Crippen molar-refractivity contribution >= 4 is 29.1 Å². The SMILES string of the molecule is COc1c(Cl)cc(C)cc1/C(O)=C1\C(=O)C(=O)N(CCCOC(C)C)C1c1ccc(C)o1. The Morgan fingerprint density at radius 2 is 1.97 bits per heavy atom. The third-order valence-corrected chi connectivity index (χ3v) is 5.49. The van der Waals surface area contributed by atoms with Gasteiger partial charge >= 0.3 is 0 Å². The summed E-state index contributed by atoms with van der Waals surface area (Å²) in [7, 11) is 1.42. The molecular formula is C24H28ClNO6. The monoisotopic (exact) mass is 461 g/mol. The fourth-order valence-corrected chi connectivity index (χ4v) is 4.17. The van der Waals surface area contributed by atoms with E-state index in [-0.39, 0.29) is 35.3 Å². The van der Waals surface area contributed by atoms with Crippen molar-refractivity contribution in [2.24, 2.45) is 0 Å². The van der Waals surface area contributed by atoms with Gasteiger partial charge in [0.05, 0.1) is 29.4 Å². The van der Waals surface area contributed by atoms with E-state index in [1.807, 2.05) is 20.8 Å². The lowest BCUT2D eigenvalue weighted by molar-refractivity contribution is -0.140.